The molecule has 240 valence electrons. The van der Waals surface area contributed by atoms with Crippen molar-refractivity contribution >= 4 is 11.6 Å². The summed E-state index contributed by atoms with van der Waals surface area (Å²) in [4.78, 5) is 37.2. The Morgan fingerprint density at radius 1 is 1.00 bits per heavy atom. The first-order valence-corrected chi connectivity index (χ1v) is 15.5. The molecule has 1 saturated carbocycles. The lowest BCUT2D eigenvalue weighted by atomic mass is 9.68. The van der Waals surface area contributed by atoms with E-state index in [0.29, 0.717) is 25.2 Å². The minimum atomic E-state index is -1.48. The molecule has 9 nitrogen and oxygen atoms in total. The van der Waals surface area contributed by atoms with Crippen molar-refractivity contribution in [2.24, 2.45) is 5.92 Å². The third-order valence-electron chi connectivity index (χ3n) is 9.28. The Bertz CT molecular complexity index is 1710. The number of amides is 1. The molecular weight excluding hydrogens is 592 g/mol. The van der Waals surface area contributed by atoms with Crippen LogP contribution < -0.4 is 16.0 Å². The number of halogens is 2. The maximum atomic E-state index is 16.3. The van der Waals surface area contributed by atoms with E-state index in [0.717, 1.165) is 5.56 Å². The lowest BCUT2D eigenvalue weighted by molar-refractivity contribution is -0.143. The van der Waals surface area contributed by atoms with Crippen molar-refractivity contribution in [2.45, 2.75) is 62.3 Å². The number of nitrogens with zero attached hydrogens (tertiary/aromatic N) is 4. The molecule has 1 aliphatic heterocycles. The first-order valence-electron chi connectivity index (χ1n) is 15.5. The standard InChI is InChI=1S/C35H37F2N5O4/c36-25-9-11-27(12-10-25)46-31-30(38)33(44)42(23-40-31)22-35(45)15-18-41(19-16-35)32(43)28-13-14-34(37,20-26-8-4-5-17-39-26)21-29(28)24-6-2-1-3-7-24/h1-12,17,23,28-29,45H,13-16,18-22,38H2/t28-,29+,34-/m1/s1. The van der Waals surface area contributed by atoms with Crippen LogP contribution in [-0.2, 0) is 17.8 Å². The van der Waals surface area contributed by atoms with Crippen LogP contribution >= 0.6 is 0 Å². The summed E-state index contributed by atoms with van der Waals surface area (Å²) in [7, 11) is 0. The molecule has 11 heteroatoms. The highest BCUT2D eigenvalue weighted by Crippen LogP contribution is 2.47. The lowest BCUT2D eigenvalue weighted by Gasteiger charge is -2.44. The molecule has 3 N–H and O–H groups in total. The Balaban J connectivity index is 1.11. The fourth-order valence-electron chi connectivity index (χ4n) is 6.74. The van der Waals surface area contributed by atoms with Crippen molar-refractivity contribution in [1.82, 2.24) is 19.4 Å². The van der Waals surface area contributed by atoms with Crippen molar-refractivity contribution in [1.29, 1.82) is 0 Å². The summed E-state index contributed by atoms with van der Waals surface area (Å²) in [6.45, 7) is 0.535. The van der Waals surface area contributed by atoms with Crippen LogP contribution in [0.5, 0.6) is 11.6 Å². The van der Waals surface area contributed by atoms with Gasteiger partial charge < -0.3 is 20.5 Å². The molecule has 3 heterocycles. The van der Waals surface area contributed by atoms with E-state index in [1.54, 1.807) is 11.1 Å². The second-order valence-corrected chi connectivity index (χ2v) is 12.5. The summed E-state index contributed by atoms with van der Waals surface area (Å²) in [5, 5.41) is 11.4. The molecule has 2 aromatic heterocycles. The number of rotatable bonds is 8. The molecule has 2 aliphatic rings. The minimum absolute atomic E-state index is 0.0406. The highest BCUT2D eigenvalue weighted by atomic mass is 19.1. The first kappa shape index (κ1) is 31.3. The molecule has 0 radical (unpaired) electrons. The number of carbonyl (C=O) groups is 1. The number of anilines is 1. The first-order chi connectivity index (χ1) is 22.1. The molecule has 1 amide bonds. The van der Waals surface area contributed by atoms with Gasteiger partial charge >= 0.3 is 0 Å². The Kier molecular flexibility index (Phi) is 8.86. The summed E-state index contributed by atoms with van der Waals surface area (Å²) in [5.74, 6) is -0.995. The SMILES string of the molecule is Nc1c(Oc2ccc(F)cc2)ncn(CC2(O)CCN(C(=O)[C@@H]3CC[C@@](F)(Cc4ccccn4)C[C@H]3c3ccccc3)CC2)c1=O. The quantitative estimate of drug-likeness (QED) is 0.280. The number of benzene rings is 2. The Labute approximate surface area is 265 Å². The van der Waals surface area contributed by atoms with Crippen LogP contribution in [0.4, 0.5) is 14.5 Å². The Morgan fingerprint density at radius 2 is 1.72 bits per heavy atom. The molecule has 4 aromatic rings. The van der Waals surface area contributed by atoms with E-state index in [-0.39, 0.29) is 73.7 Å². The van der Waals surface area contributed by atoms with E-state index in [1.807, 2.05) is 48.5 Å². The van der Waals surface area contributed by atoms with Crippen LogP contribution in [0.3, 0.4) is 0 Å². The number of likely N-dealkylation sites (tertiary alicyclic amines) is 1. The Morgan fingerprint density at radius 3 is 2.41 bits per heavy atom. The van der Waals surface area contributed by atoms with Crippen molar-refractivity contribution in [3.63, 3.8) is 0 Å². The highest BCUT2D eigenvalue weighted by Gasteiger charge is 2.46. The summed E-state index contributed by atoms with van der Waals surface area (Å²) in [6, 6.07) is 20.4. The molecule has 0 spiro atoms. The fourth-order valence-corrected chi connectivity index (χ4v) is 6.74. The van der Waals surface area contributed by atoms with Crippen molar-refractivity contribution in [3.05, 3.63) is 113 Å². The average Bonchev–Trinajstić information content (AvgIpc) is 3.06. The predicted octanol–water partition coefficient (Wildman–Crippen LogP) is 5.04. The van der Waals surface area contributed by atoms with Gasteiger partial charge in [0.2, 0.25) is 11.8 Å². The van der Waals surface area contributed by atoms with Crippen molar-refractivity contribution < 1.29 is 23.4 Å². The molecule has 6 rings (SSSR count). The lowest BCUT2D eigenvalue weighted by Crippen LogP contribution is -2.52. The predicted molar refractivity (Wildman–Crippen MR) is 168 cm³/mol. The molecule has 1 saturated heterocycles. The number of ether oxygens (including phenoxy) is 1. The van der Waals surface area contributed by atoms with Crippen LogP contribution in [-0.4, -0.2) is 54.8 Å². The monoisotopic (exact) mass is 629 g/mol. The van der Waals surface area contributed by atoms with E-state index in [2.05, 4.69) is 9.97 Å². The maximum Gasteiger partial charge on any atom is 0.280 e. The van der Waals surface area contributed by atoms with Crippen LogP contribution in [0.15, 0.2) is 90.1 Å². The van der Waals surface area contributed by atoms with Gasteiger partial charge in [0, 0.05) is 37.3 Å². The number of hydrogen-bond donors (Lipinski definition) is 2. The number of carbonyl (C=O) groups excluding carboxylic acids is 1. The number of alkyl halides is 1. The molecule has 46 heavy (non-hydrogen) atoms. The topological polar surface area (TPSA) is 124 Å². The van der Waals surface area contributed by atoms with E-state index in [4.69, 9.17) is 10.5 Å². The number of aromatic nitrogens is 3. The highest BCUT2D eigenvalue weighted by molar-refractivity contribution is 5.80. The smallest absolute Gasteiger partial charge is 0.280 e. The van der Waals surface area contributed by atoms with Crippen molar-refractivity contribution in [2.75, 3.05) is 18.8 Å². The van der Waals surface area contributed by atoms with E-state index in [9.17, 15) is 19.1 Å². The summed E-state index contributed by atoms with van der Waals surface area (Å²) in [6.07, 6.45) is 4.51. The van der Waals surface area contributed by atoms with Gasteiger partial charge in [0.15, 0.2) is 5.69 Å². The third kappa shape index (κ3) is 6.94. The number of piperidine rings is 1. The maximum absolute atomic E-state index is 16.3. The molecular formula is C35H37F2N5O4. The van der Waals surface area contributed by atoms with Crippen LogP contribution in [0.2, 0.25) is 0 Å². The van der Waals surface area contributed by atoms with Crippen molar-refractivity contribution in [3.8, 4) is 11.6 Å². The van der Waals surface area contributed by atoms with Gasteiger partial charge in [0.05, 0.1) is 12.1 Å². The fraction of sp³-hybridized carbons (Fsp3) is 0.371. The van der Waals surface area contributed by atoms with Gasteiger partial charge in [-0.15, -0.1) is 0 Å². The zero-order chi connectivity index (χ0) is 32.3. The number of pyridine rings is 1. The van der Waals surface area contributed by atoms with Gasteiger partial charge in [0.1, 0.15) is 23.6 Å². The van der Waals surface area contributed by atoms with Gasteiger partial charge in [-0.05, 0) is 80.0 Å². The van der Waals surface area contributed by atoms with Gasteiger partial charge in [-0.1, -0.05) is 36.4 Å². The zero-order valence-electron chi connectivity index (χ0n) is 25.4. The largest absolute Gasteiger partial charge is 0.437 e. The Hall–Kier alpha value is -4.64. The summed E-state index contributed by atoms with van der Waals surface area (Å²) in [5.41, 5.74) is 4.10. The van der Waals surface area contributed by atoms with Gasteiger partial charge in [-0.3, -0.25) is 19.1 Å². The third-order valence-corrected chi connectivity index (χ3v) is 9.28. The minimum Gasteiger partial charge on any atom is -0.437 e. The molecule has 3 atom stereocenters. The molecule has 1 aliphatic carbocycles. The number of nitrogen functional groups attached to an aromatic ring is 1. The van der Waals surface area contributed by atoms with Gasteiger partial charge in [-0.25, -0.2) is 13.8 Å². The number of nitrogens with two attached hydrogens (primary N) is 1. The van der Waals surface area contributed by atoms with Crippen LogP contribution in [0, 0.1) is 11.7 Å². The van der Waals surface area contributed by atoms with E-state index >= 15 is 4.39 Å². The molecule has 2 fully saturated rings. The number of aliphatic hydroxyl groups is 1. The summed E-state index contributed by atoms with van der Waals surface area (Å²) >= 11 is 0. The van der Waals surface area contributed by atoms with Crippen LogP contribution in [0.25, 0.3) is 0 Å². The van der Waals surface area contributed by atoms with E-state index < -0.39 is 22.6 Å². The zero-order valence-corrected chi connectivity index (χ0v) is 25.4. The number of hydrogen-bond acceptors (Lipinski definition) is 7. The average molecular weight is 630 g/mol. The molecule has 0 unspecified atom stereocenters. The molecule has 0 bridgehead atoms. The second-order valence-electron chi connectivity index (χ2n) is 12.5. The second kappa shape index (κ2) is 13.0. The summed E-state index contributed by atoms with van der Waals surface area (Å²) < 4.78 is 36.3. The van der Waals surface area contributed by atoms with Crippen LogP contribution in [0.1, 0.15) is 49.3 Å². The molecule has 2 aromatic carbocycles. The van der Waals surface area contributed by atoms with Gasteiger partial charge in [-0.2, -0.15) is 0 Å². The van der Waals surface area contributed by atoms with E-state index in [1.165, 1.54) is 35.2 Å². The normalized spacial score (nSPS) is 22.7. The van der Waals surface area contributed by atoms with Gasteiger partial charge in [0.25, 0.3) is 5.56 Å².